The van der Waals surface area contributed by atoms with Crippen molar-refractivity contribution in [2.45, 2.75) is 6.61 Å². The number of amides is 1. The van der Waals surface area contributed by atoms with Crippen LogP contribution in [0.2, 0.25) is 5.02 Å². The van der Waals surface area contributed by atoms with E-state index >= 15 is 0 Å². The van der Waals surface area contributed by atoms with E-state index in [2.05, 4.69) is 10.2 Å². The lowest BCUT2D eigenvalue weighted by molar-refractivity contribution is 0.122. The van der Waals surface area contributed by atoms with Crippen molar-refractivity contribution < 1.29 is 14.3 Å². The largest absolute Gasteiger partial charge is 0.444 e. The summed E-state index contributed by atoms with van der Waals surface area (Å²) in [6.45, 7) is 3.25. The fraction of sp³-hybridized carbons (Fsp3) is 0.278. The van der Waals surface area contributed by atoms with Crippen molar-refractivity contribution in [3.8, 4) is 0 Å². The summed E-state index contributed by atoms with van der Waals surface area (Å²) in [5, 5.41) is 3.18. The molecule has 6 heteroatoms. The standard InChI is InChI=1S/C18H19ClN2O3/c19-16-7-6-15(21-8-10-23-11-9-21)12-17(16)20-18(22)24-13-14-4-2-1-3-5-14/h1-7,12H,8-11,13H2,(H,20,22). The van der Waals surface area contributed by atoms with Gasteiger partial charge in [0.05, 0.1) is 23.9 Å². The molecule has 0 radical (unpaired) electrons. The molecule has 1 N–H and O–H groups in total. The molecule has 0 atom stereocenters. The molecular formula is C18H19ClN2O3. The maximum atomic E-state index is 12.0. The first-order valence-electron chi connectivity index (χ1n) is 7.82. The summed E-state index contributed by atoms with van der Waals surface area (Å²) >= 11 is 6.18. The van der Waals surface area contributed by atoms with E-state index in [1.54, 1.807) is 6.07 Å². The van der Waals surface area contributed by atoms with Crippen molar-refractivity contribution in [1.29, 1.82) is 0 Å². The van der Waals surface area contributed by atoms with E-state index in [1.807, 2.05) is 42.5 Å². The summed E-state index contributed by atoms with van der Waals surface area (Å²) in [5.41, 5.74) is 2.47. The third-order valence-corrected chi connectivity index (χ3v) is 4.11. The number of nitrogens with zero attached hydrogens (tertiary/aromatic N) is 1. The van der Waals surface area contributed by atoms with Gasteiger partial charge in [0.2, 0.25) is 0 Å². The highest BCUT2D eigenvalue weighted by Crippen LogP contribution is 2.28. The molecule has 1 aliphatic rings. The van der Waals surface area contributed by atoms with Gasteiger partial charge in [0, 0.05) is 18.8 Å². The predicted molar refractivity (Wildman–Crippen MR) is 94.7 cm³/mol. The molecule has 1 fully saturated rings. The van der Waals surface area contributed by atoms with Crippen LogP contribution in [-0.2, 0) is 16.1 Å². The Kier molecular flexibility index (Phi) is 5.56. The Morgan fingerprint density at radius 2 is 1.92 bits per heavy atom. The van der Waals surface area contributed by atoms with Gasteiger partial charge in [-0.25, -0.2) is 4.79 Å². The van der Waals surface area contributed by atoms with Gasteiger partial charge < -0.3 is 14.4 Å². The highest BCUT2D eigenvalue weighted by molar-refractivity contribution is 6.33. The number of nitrogens with one attached hydrogen (secondary N) is 1. The zero-order valence-electron chi connectivity index (χ0n) is 13.2. The maximum Gasteiger partial charge on any atom is 0.412 e. The lowest BCUT2D eigenvalue weighted by Crippen LogP contribution is -2.36. The van der Waals surface area contributed by atoms with Gasteiger partial charge in [-0.05, 0) is 23.8 Å². The second-order valence-corrected chi connectivity index (χ2v) is 5.86. The molecule has 0 aromatic heterocycles. The van der Waals surface area contributed by atoms with Crippen LogP contribution in [0.15, 0.2) is 48.5 Å². The molecular weight excluding hydrogens is 328 g/mol. The smallest absolute Gasteiger partial charge is 0.412 e. The van der Waals surface area contributed by atoms with Crippen molar-refractivity contribution in [3.05, 3.63) is 59.1 Å². The number of morpholine rings is 1. The van der Waals surface area contributed by atoms with E-state index in [0.29, 0.717) is 23.9 Å². The number of ether oxygens (including phenoxy) is 2. The molecule has 1 aliphatic heterocycles. The van der Waals surface area contributed by atoms with Gasteiger partial charge in [-0.15, -0.1) is 0 Å². The fourth-order valence-electron chi connectivity index (χ4n) is 2.50. The molecule has 1 saturated heterocycles. The highest BCUT2D eigenvalue weighted by Gasteiger charge is 2.14. The monoisotopic (exact) mass is 346 g/mol. The Bertz CT molecular complexity index is 688. The first kappa shape index (κ1) is 16.6. The number of rotatable bonds is 4. The Morgan fingerprint density at radius 3 is 2.67 bits per heavy atom. The molecule has 0 saturated carbocycles. The van der Waals surface area contributed by atoms with Crippen molar-refractivity contribution in [2.75, 3.05) is 36.5 Å². The molecule has 2 aromatic rings. The number of carbonyl (C=O) groups is 1. The Hall–Kier alpha value is -2.24. The number of hydrogen-bond donors (Lipinski definition) is 1. The molecule has 0 unspecified atom stereocenters. The Balaban J connectivity index is 1.62. The summed E-state index contributed by atoms with van der Waals surface area (Å²) < 4.78 is 10.6. The van der Waals surface area contributed by atoms with Crippen LogP contribution < -0.4 is 10.2 Å². The Morgan fingerprint density at radius 1 is 1.17 bits per heavy atom. The van der Waals surface area contributed by atoms with Crippen molar-refractivity contribution in [2.24, 2.45) is 0 Å². The molecule has 5 nitrogen and oxygen atoms in total. The molecule has 2 aromatic carbocycles. The minimum absolute atomic E-state index is 0.216. The SMILES string of the molecule is O=C(Nc1cc(N2CCOCC2)ccc1Cl)OCc1ccccc1. The lowest BCUT2D eigenvalue weighted by atomic mass is 10.2. The van der Waals surface area contributed by atoms with Gasteiger partial charge in [0.25, 0.3) is 0 Å². The lowest BCUT2D eigenvalue weighted by Gasteiger charge is -2.29. The van der Waals surface area contributed by atoms with Gasteiger partial charge in [-0.3, -0.25) is 5.32 Å². The van der Waals surface area contributed by atoms with Gasteiger partial charge in [-0.1, -0.05) is 41.9 Å². The van der Waals surface area contributed by atoms with E-state index in [-0.39, 0.29) is 6.61 Å². The number of halogens is 1. The highest BCUT2D eigenvalue weighted by atomic mass is 35.5. The van der Waals surface area contributed by atoms with Crippen LogP contribution >= 0.6 is 11.6 Å². The molecule has 3 rings (SSSR count). The second kappa shape index (κ2) is 8.04. The predicted octanol–water partition coefficient (Wildman–Crippen LogP) is 3.93. The molecule has 1 heterocycles. The van der Waals surface area contributed by atoms with E-state index in [4.69, 9.17) is 21.1 Å². The second-order valence-electron chi connectivity index (χ2n) is 5.45. The third-order valence-electron chi connectivity index (χ3n) is 3.78. The summed E-state index contributed by atoms with van der Waals surface area (Å²) in [6, 6.07) is 15.1. The Labute approximate surface area is 146 Å². The van der Waals surface area contributed by atoms with Crippen LogP contribution in [0.25, 0.3) is 0 Å². The summed E-state index contributed by atoms with van der Waals surface area (Å²) in [6.07, 6.45) is -0.528. The summed E-state index contributed by atoms with van der Waals surface area (Å²) in [5.74, 6) is 0. The van der Waals surface area contributed by atoms with Gasteiger partial charge in [0.15, 0.2) is 0 Å². The van der Waals surface area contributed by atoms with Crippen LogP contribution in [-0.4, -0.2) is 32.4 Å². The van der Waals surface area contributed by atoms with Crippen LogP contribution in [0, 0.1) is 0 Å². The molecule has 126 valence electrons. The molecule has 24 heavy (non-hydrogen) atoms. The van der Waals surface area contributed by atoms with E-state index in [0.717, 1.165) is 24.3 Å². The van der Waals surface area contributed by atoms with Crippen molar-refractivity contribution in [3.63, 3.8) is 0 Å². The first-order valence-corrected chi connectivity index (χ1v) is 8.20. The minimum atomic E-state index is -0.528. The first-order chi connectivity index (χ1) is 11.7. The van der Waals surface area contributed by atoms with Crippen LogP contribution in [0.1, 0.15) is 5.56 Å². The van der Waals surface area contributed by atoms with Gasteiger partial charge in [-0.2, -0.15) is 0 Å². The number of benzene rings is 2. The van der Waals surface area contributed by atoms with Gasteiger partial charge in [0.1, 0.15) is 6.61 Å². The van der Waals surface area contributed by atoms with E-state index < -0.39 is 6.09 Å². The number of anilines is 2. The quantitative estimate of drug-likeness (QED) is 0.911. The van der Waals surface area contributed by atoms with Gasteiger partial charge >= 0.3 is 6.09 Å². The van der Waals surface area contributed by atoms with Crippen LogP contribution in [0.3, 0.4) is 0 Å². The van der Waals surface area contributed by atoms with E-state index in [9.17, 15) is 4.79 Å². The average molecular weight is 347 g/mol. The zero-order chi connectivity index (χ0) is 16.8. The maximum absolute atomic E-state index is 12.0. The summed E-state index contributed by atoms with van der Waals surface area (Å²) in [7, 11) is 0. The van der Waals surface area contributed by atoms with Crippen molar-refractivity contribution >= 4 is 29.1 Å². The number of carbonyl (C=O) groups excluding carboxylic acids is 1. The van der Waals surface area contributed by atoms with E-state index in [1.165, 1.54) is 0 Å². The molecule has 0 spiro atoms. The number of hydrogen-bond acceptors (Lipinski definition) is 4. The molecule has 0 aliphatic carbocycles. The molecule has 0 bridgehead atoms. The fourth-order valence-corrected chi connectivity index (χ4v) is 2.66. The topological polar surface area (TPSA) is 50.8 Å². The molecule has 1 amide bonds. The summed E-state index contributed by atoms with van der Waals surface area (Å²) in [4.78, 5) is 14.2. The minimum Gasteiger partial charge on any atom is -0.444 e. The van der Waals surface area contributed by atoms with Crippen molar-refractivity contribution in [1.82, 2.24) is 0 Å². The third kappa shape index (κ3) is 4.40. The average Bonchev–Trinajstić information content (AvgIpc) is 2.63. The van der Waals surface area contributed by atoms with Crippen LogP contribution in [0.4, 0.5) is 16.2 Å². The normalized spacial score (nSPS) is 14.3. The zero-order valence-corrected chi connectivity index (χ0v) is 14.0. The van der Waals surface area contributed by atoms with Crippen LogP contribution in [0.5, 0.6) is 0 Å².